The van der Waals surface area contributed by atoms with Gasteiger partial charge in [-0.1, -0.05) is 0 Å². The molecule has 0 spiro atoms. The van der Waals surface area contributed by atoms with Crippen LogP contribution >= 0.6 is 0 Å². The van der Waals surface area contributed by atoms with Crippen LogP contribution in [0.25, 0.3) is 0 Å². The molecule has 0 radical (unpaired) electrons. The number of carbonyl (C=O) groups is 1. The van der Waals surface area contributed by atoms with E-state index in [2.05, 4.69) is 0 Å². The molecule has 6 nitrogen and oxygen atoms in total. The summed E-state index contributed by atoms with van der Waals surface area (Å²) >= 11 is 0. The molecule has 1 fully saturated rings. The highest BCUT2D eigenvalue weighted by molar-refractivity contribution is 5.97. The Kier molecular flexibility index (Phi) is 3.24. The molecule has 1 saturated heterocycles. The van der Waals surface area contributed by atoms with Crippen LogP contribution in [0.15, 0.2) is 18.2 Å². The molecule has 1 unspecified atom stereocenters. The number of nitrogens with two attached hydrogens (primary N) is 1. The number of hydrogen-bond acceptors (Lipinski definition) is 4. The molecule has 1 aromatic carbocycles. The number of piperidine rings is 1. The molecule has 1 aliphatic heterocycles. The van der Waals surface area contributed by atoms with Gasteiger partial charge in [0.1, 0.15) is 0 Å². The van der Waals surface area contributed by atoms with Crippen molar-refractivity contribution in [2.45, 2.75) is 18.9 Å². The molecule has 1 atom stereocenters. The van der Waals surface area contributed by atoms with Crippen LogP contribution in [0.3, 0.4) is 0 Å². The van der Waals surface area contributed by atoms with Crippen LogP contribution in [-0.2, 0) is 4.79 Å². The van der Waals surface area contributed by atoms with Gasteiger partial charge in [-0.15, -0.1) is 0 Å². The van der Waals surface area contributed by atoms with Crippen molar-refractivity contribution < 1.29 is 14.1 Å². The fourth-order valence-electron chi connectivity index (χ4n) is 1.97. The van der Waals surface area contributed by atoms with Gasteiger partial charge in [-0.2, -0.15) is 4.39 Å². The highest BCUT2D eigenvalue weighted by atomic mass is 19.1. The van der Waals surface area contributed by atoms with Crippen molar-refractivity contribution >= 4 is 17.3 Å². The van der Waals surface area contributed by atoms with E-state index >= 15 is 0 Å². The summed E-state index contributed by atoms with van der Waals surface area (Å²) in [6.45, 7) is 0.448. The second-order valence-corrected chi connectivity index (χ2v) is 4.13. The molecule has 2 rings (SSSR count). The average Bonchev–Trinajstić information content (AvgIpc) is 2.32. The number of rotatable bonds is 2. The lowest BCUT2D eigenvalue weighted by Crippen LogP contribution is -2.48. The van der Waals surface area contributed by atoms with Crippen LogP contribution in [0.1, 0.15) is 12.8 Å². The molecule has 1 heterocycles. The number of nitrogens with zero attached hydrogens (tertiary/aromatic N) is 2. The number of hydrogen-bond donors (Lipinski definition) is 1. The van der Waals surface area contributed by atoms with Gasteiger partial charge in [-0.3, -0.25) is 14.9 Å². The lowest BCUT2D eigenvalue weighted by atomic mass is 10.0. The van der Waals surface area contributed by atoms with Crippen LogP contribution in [0.4, 0.5) is 15.8 Å². The monoisotopic (exact) mass is 253 g/mol. The third-order valence-electron chi connectivity index (χ3n) is 2.92. The number of carbonyl (C=O) groups excluding carboxylic acids is 1. The maximum absolute atomic E-state index is 13.5. The van der Waals surface area contributed by atoms with Crippen LogP contribution in [-0.4, -0.2) is 23.4 Å². The van der Waals surface area contributed by atoms with E-state index in [1.807, 2.05) is 0 Å². The van der Waals surface area contributed by atoms with E-state index in [1.54, 1.807) is 0 Å². The number of amides is 1. The van der Waals surface area contributed by atoms with E-state index in [9.17, 15) is 19.3 Å². The number of anilines is 1. The minimum absolute atomic E-state index is 0.283. The second kappa shape index (κ2) is 4.69. The van der Waals surface area contributed by atoms with Crippen molar-refractivity contribution in [1.82, 2.24) is 0 Å². The van der Waals surface area contributed by atoms with Crippen molar-refractivity contribution in [3.05, 3.63) is 34.1 Å². The Morgan fingerprint density at radius 2 is 2.22 bits per heavy atom. The average molecular weight is 253 g/mol. The van der Waals surface area contributed by atoms with Crippen molar-refractivity contribution in [3.8, 4) is 0 Å². The number of nitro benzene ring substituents is 1. The van der Waals surface area contributed by atoms with Crippen molar-refractivity contribution in [2.24, 2.45) is 5.73 Å². The first-order chi connectivity index (χ1) is 8.50. The first-order valence-corrected chi connectivity index (χ1v) is 5.51. The molecular weight excluding hydrogens is 241 g/mol. The van der Waals surface area contributed by atoms with Crippen LogP contribution in [0.2, 0.25) is 0 Å². The maximum atomic E-state index is 13.5. The summed E-state index contributed by atoms with van der Waals surface area (Å²) in [5, 5.41) is 10.5. The van der Waals surface area contributed by atoms with Gasteiger partial charge in [0.15, 0.2) is 0 Å². The van der Waals surface area contributed by atoms with Crippen LogP contribution in [0, 0.1) is 15.9 Å². The summed E-state index contributed by atoms with van der Waals surface area (Å²) < 4.78 is 13.5. The Balaban J connectivity index is 2.31. The fourth-order valence-corrected chi connectivity index (χ4v) is 1.97. The largest absolute Gasteiger partial charge is 0.320 e. The van der Waals surface area contributed by atoms with Crippen molar-refractivity contribution in [3.63, 3.8) is 0 Å². The molecule has 7 heteroatoms. The van der Waals surface area contributed by atoms with Gasteiger partial charge in [-0.25, -0.2) is 0 Å². The van der Waals surface area contributed by atoms with E-state index in [1.165, 1.54) is 11.0 Å². The topological polar surface area (TPSA) is 89.5 Å². The van der Waals surface area contributed by atoms with Crippen LogP contribution in [0.5, 0.6) is 0 Å². The quantitative estimate of drug-likeness (QED) is 0.633. The molecule has 0 bridgehead atoms. The lowest BCUT2D eigenvalue weighted by Gasteiger charge is -2.30. The summed E-state index contributed by atoms with van der Waals surface area (Å²) in [6.07, 6.45) is 1.33. The Hall–Kier alpha value is -2.02. The Morgan fingerprint density at radius 1 is 1.50 bits per heavy atom. The van der Waals surface area contributed by atoms with Crippen LogP contribution < -0.4 is 10.6 Å². The highest BCUT2D eigenvalue weighted by Crippen LogP contribution is 2.26. The van der Waals surface area contributed by atoms with Gasteiger partial charge >= 0.3 is 5.69 Å². The van der Waals surface area contributed by atoms with Gasteiger partial charge in [0.2, 0.25) is 11.7 Å². The molecule has 0 aliphatic carbocycles. The van der Waals surface area contributed by atoms with Gasteiger partial charge in [0.25, 0.3) is 0 Å². The molecule has 0 aromatic heterocycles. The minimum Gasteiger partial charge on any atom is -0.320 e. The molecule has 1 aliphatic rings. The third-order valence-corrected chi connectivity index (χ3v) is 2.92. The molecule has 96 valence electrons. The van der Waals surface area contributed by atoms with E-state index in [0.29, 0.717) is 18.7 Å². The number of nitro groups is 1. The van der Waals surface area contributed by atoms with E-state index in [0.717, 1.165) is 18.6 Å². The molecule has 2 N–H and O–H groups in total. The summed E-state index contributed by atoms with van der Waals surface area (Å²) in [5.41, 5.74) is 5.33. The standard InChI is InChI=1S/C11H12FN3O3/c12-8-6-7(3-4-10(8)15(17)18)14-5-1-2-9(13)11(14)16/h3-4,6,9H,1-2,5,13H2. The third kappa shape index (κ3) is 2.17. The zero-order chi connectivity index (χ0) is 13.3. The minimum atomic E-state index is -0.954. The molecular formula is C11H12FN3O3. The maximum Gasteiger partial charge on any atom is 0.304 e. The molecule has 1 aromatic rings. The zero-order valence-electron chi connectivity index (χ0n) is 9.51. The zero-order valence-corrected chi connectivity index (χ0v) is 9.51. The SMILES string of the molecule is NC1CCCN(c2ccc([N+](=O)[O-])c(F)c2)C1=O. The predicted octanol–water partition coefficient (Wildman–Crippen LogP) is 1.19. The predicted molar refractivity (Wildman–Crippen MR) is 62.6 cm³/mol. The van der Waals surface area contributed by atoms with Crippen molar-refractivity contribution in [2.75, 3.05) is 11.4 Å². The van der Waals surface area contributed by atoms with Gasteiger partial charge < -0.3 is 10.6 Å². The molecule has 0 saturated carbocycles. The Labute approximate surface area is 102 Å². The number of benzene rings is 1. The Morgan fingerprint density at radius 3 is 2.83 bits per heavy atom. The summed E-state index contributed by atoms with van der Waals surface area (Å²) in [5.74, 6) is -1.24. The van der Waals surface area contributed by atoms with Crippen molar-refractivity contribution in [1.29, 1.82) is 0 Å². The second-order valence-electron chi connectivity index (χ2n) is 4.13. The first kappa shape index (κ1) is 12.4. The van der Waals surface area contributed by atoms with E-state index < -0.39 is 22.5 Å². The fraction of sp³-hybridized carbons (Fsp3) is 0.364. The van der Waals surface area contributed by atoms with E-state index in [4.69, 9.17) is 5.73 Å². The smallest absolute Gasteiger partial charge is 0.304 e. The summed E-state index contributed by atoms with van der Waals surface area (Å²) in [7, 11) is 0. The van der Waals surface area contributed by atoms with Gasteiger partial charge in [0.05, 0.1) is 11.0 Å². The Bertz CT molecular complexity index is 506. The summed E-state index contributed by atoms with van der Waals surface area (Å²) in [4.78, 5) is 22.9. The first-order valence-electron chi connectivity index (χ1n) is 5.51. The van der Waals surface area contributed by atoms with E-state index in [-0.39, 0.29) is 5.91 Å². The highest BCUT2D eigenvalue weighted by Gasteiger charge is 2.27. The number of halogens is 1. The normalized spacial score (nSPS) is 20.0. The molecule has 1 amide bonds. The van der Waals surface area contributed by atoms with Gasteiger partial charge in [-0.05, 0) is 18.9 Å². The molecule has 18 heavy (non-hydrogen) atoms. The summed E-state index contributed by atoms with van der Waals surface area (Å²) in [6, 6.07) is 2.82. The lowest BCUT2D eigenvalue weighted by molar-refractivity contribution is -0.387. The van der Waals surface area contributed by atoms with Gasteiger partial charge in [0, 0.05) is 24.4 Å².